The van der Waals surface area contributed by atoms with Gasteiger partial charge < -0.3 is 10.1 Å². The summed E-state index contributed by atoms with van der Waals surface area (Å²) in [6.07, 6.45) is -0.577. The fourth-order valence-corrected chi connectivity index (χ4v) is 1.30. The molecular formula is C13H16N2O2. The van der Waals surface area contributed by atoms with E-state index in [-0.39, 0.29) is 11.9 Å². The minimum absolute atomic E-state index is 0.0824. The lowest BCUT2D eigenvalue weighted by atomic mass is 10.2. The van der Waals surface area contributed by atoms with E-state index in [0.717, 1.165) is 0 Å². The molecule has 0 heterocycles. The molecule has 1 rings (SSSR count). The third kappa shape index (κ3) is 4.15. The summed E-state index contributed by atoms with van der Waals surface area (Å²) in [5.41, 5.74) is 0.513. The Kier molecular flexibility index (Phi) is 4.53. The Balaban J connectivity index is 2.64. The predicted molar refractivity (Wildman–Crippen MR) is 64.5 cm³/mol. The van der Waals surface area contributed by atoms with Crippen molar-refractivity contribution in [2.24, 2.45) is 0 Å². The topological polar surface area (TPSA) is 62.1 Å². The van der Waals surface area contributed by atoms with Crippen molar-refractivity contribution < 1.29 is 9.53 Å². The molecule has 0 saturated heterocycles. The third-order valence-electron chi connectivity index (χ3n) is 2.08. The molecule has 1 N–H and O–H groups in total. The number of nitrogens with one attached hydrogen (secondary N) is 1. The Morgan fingerprint density at radius 3 is 2.71 bits per heavy atom. The van der Waals surface area contributed by atoms with Crippen LogP contribution in [0.2, 0.25) is 0 Å². The number of carbonyl (C=O) groups excluding carboxylic acids is 1. The number of carbonyl (C=O) groups is 1. The number of benzene rings is 1. The molecule has 1 amide bonds. The van der Waals surface area contributed by atoms with Crippen molar-refractivity contribution in [3.63, 3.8) is 0 Å². The maximum Gasteiger partial charge on any atom is 0.260 e. The zero-order chi connectivity index (χ0) is 12.8. The van der Waals surface area contributed by atoms with Gasteiger partial charge >= 0.3 is 0 Å². The maximum absolute atomic E-state index is 11.6. The second kappa shape index (κ2) is 5.90. The number of nitriles is 1. The van der Waals surface area contributed by atoms with Gasteiger partial charge in [0.15, 0.2) is 6.10 Å². The summed E-state index contributed by atoms with van der Waals surface area (Å²) in [5, 5.41) is 11.5. The molecule has 4 heteroatoms. The van der Waals surface area contributed by atoms with E-state index >= 15 is 0 Å². The first-order valence-corrected chi connectivity index (χ1v) is 5.50. The molecule has 0 spiro atoms. The van der Waals surface area contributed by atoms with Crippen LogP contribution in [0.3, 0.4) is 0 Å². The van der Waals surface area contributed by atoms with Crippen LogP contribution in [0.25, 0.3) is 0 Å². The second-order valence-electron chi connectivity index (χ2n) is 4.06. The lowest BCUT2D eigenvalue weighted by Crippen LogP contribution is -2.40. The standard InChI is InChI=1S/C13H16N2O2/c1-9(2)15-13(16)10(3)17-12-6-4-5-11(7-12)8-14/h4-7,9-10H,1-3H3,(H,15,16). The van der Waals surface area contributed by atoms with Crippen molar-refractivity contribution in [2.75, 3.05) is 0 Å². The molecule has 1 atom stereocenters. The molecule has 0 radical (unpaired) electrons. The number of rotatable bonds is 4. The number of ether oxygens (including phenoxy) is 1. The molecule has 0 aliphatic rings. The van der Waals surface area contributed by atoms with Gasteiger partial charge in [-0.15, -0.1) is 0 Å². The fourth-order valence-electron chi connectivity index (χ4n) is 1.30. The quantitative estimate of drug-likeness (QED) is 0.861. The number of nitrogens with zero attached hydrogens (tertiary/aromatic N) is 1. The Morgan fingerprint density at radius 2 is 2.12 bits per heavy atom. The summed E-state index contributed by atoms with van der Waals surface area (Å²) in [7, 11) is 0. The van der Waals surface area contributed by atoms with Crippen molar-refractivity contribution in [1.82, 2.24) is 5.32 Å². The highest BCUT2D eigenvalue weighted by Crippen LogP contribution is 2.14. The van der Waals surface area contributed by atoms with E-state index in [1.54, 1.807) is 31.2 Å². The first-order valence-electron chi connectivity index (χ1n) is 5.50. The molecule has 90 valence electrons. The van der Waals surface area contributed by atoms with Crippen molar-refractivity contribution >= 4 is 5.91 Å². The van der Waals surface area contributed by atoms with Crippen LogP contribution < -0.4 is 10.1 Å². The summed E-state index contributed by atoms with van der Waals surface area (Å²) >= 11 is 0. The van der Waals surface area contributed by atoms with Gasteiger partial charge in [-0.25, -0.2) is 0 Å². The van der Waals surface area contributed by atoms with Crippen LogP contribution in [-0.4, -0.2) is 18.1 Å². The van der Waals surface area contributed by atoms with E-state index in [1.165, 1.54) is 0 Å². The van der Waals surface area contributed by atoms with Crippen LogP contribution in [0.15, 0.2) is 24.3 Å². The van der Waals surface area contributed by atoms with Crippen LogP contribution >= 0.6 is 0 Å². The highest BCUT2D eigenvalue weighted by molar-refractivity contribution is 5.80. The second-order valence-corrected chi connectivity index (χ2v) is 4.06. The summed E-state index contributed by atoms with van der Waals surface area (Å²) in [6, 6.07) is 8.85. The largest absolute Gasteiger partial charge is 0.481 e. The summed E-state index contributed by atoms with van der Waals surface area (Å²) in [5.74, 6) is 0.359. The molecule has 0 bridgehead atoms. The van der Waals surface area contributed by atoms with Crippen molar-refractivity contribution in [1.29, 1.82) is 5.26 Å². The Morgan fingerprint density at radius 1 is 1.41 bits per heavy atom. The molecule has 0 saturated carbocycles. The van der Waals surface area contributed by atoms with E-state index in [2.05, 4.69) is 5.32 Å². The number of hydrogen-bond acceptors (Lipinski definition) is 3. The Hall–Kier alpha value is -2.02. The van der Waals surface area contributed by atoms with Crippen molar-refractivity contribution in [3.05, 3.63) is 29.8 Å². The highest BCUT2D eigenvalue weighted by Gasteiger charge is 2.15. The first-order chi connectivity index (χ1) is 8.02. The van der Waals surface area contributed by atoms with Gasteiger partial charge in [0, 0.05) is 6.04 Å². The van der Waals surface area contributed by atoms with E-state index in [4.69, 9.17) is 10.00 Å². The molecule has 0 aliphatic carbocycles. The molecule has 0 aliphatic heterocycles. The first kappa shape index (κ1) is 13.0. The van der Waals surface area contributed by atoms with E-state index in [0.29, 0.717) is 11.3 Å². The fraction of sp³-hybridized carbons (Fsp3) is 0.385. The minimum Gasteiger partial charge on any atom is -0.481 e. The van der Waals surface area contributed by atoms with Crippen molar-refractivity contribution in [3.8, 4) is 11.8 Å². The predicted octanol–water partition coefficient (Wildman–Crippen LogP) is 1.85. The normalized spacial score (nSPS) is 11.7. The summed E-state index contributed by atoms with van der Waals surface area (Å²) in [4.78, 5) is 11.6. The molecule has 17 heavy (non-hydrogen) atoms. The van der Waals surface area contributed by atoms with Gasteiger partial charge in [0.2, 0.25) is 0 Å². The maximum atomic E-state index is 11.6. The molecule has 4 nitrogen and oxygen atoms in total. The summed E-state index contributed by atoms with van der Waals surface area (Å²) in [6.45, 7) is 5.46. The van der Waals surface area contributed by atoms with E-state index < -0.39 is 6.10 Å². The Bertz CT molecular complexity index is 435. The van der Waals surface area contributed by atoms with Gasteiger partial charge in [-0.2, -0.15) is 5.26 Å². The van der Waals surface area contributed by atoms with Gasteiger partial charge in [-0.3, -0.25) is 4.79 Å². The lowest BCUT2D eigenvalue weighted by Gasteiger charge is -2.16. The van der Waals surface area contributed by atoms with Crippen LogP contribution in [-0.2, 0) is 4.79 Å². The van der Waals surface area contributed by atoms with E-state index in [9.17, 15) is 4.79 Å². The van der Waals surface area contributed by atoms with Crippen LogP contribution in [0, 0.1) is 11.3 Å². The average molecular weight is 232 g/mol. The molecule has 0 fully saturated rings. The number of amides is 1. The molecule has 1 aromatic rings. The molecule has 1 unspecified atom stereocenters. The van der Waals surface area contributed by atoms with Gasteiger partial charge in [0.25, 0.3) is 5.91 Å². The highest BCUT2D eigenvalue weighted by atomic mass is 16.5. The zero-order valence-corrected chi connectivity index (χ0v) is 10.2. The molecular weight excluding hydrogens is 216 g/mol. The van der Waals surface area contributed by atoms with Gasteiger partial charge in [-0.1, -0.05) is 6.07 Å². The third-order valence-corrected chi connectivity index (χ3v) is 2.08. The van der Waals surface area contributed by atoms with Gasteiger partial charge in [0.05, 0.1) is 11.6 Å². The van der Waals surface area contributed by atoms with Crippen molar-refractivity contribution in [2.45, 2.75) is 32.9 Å². The van der Waals surface area contributed by atoms with Gasteiger partial charge in [-0.05, 0) is 39.0 Å². The zero-order valence-electron chi connectivity index (χ0n) is 10.2. The monoisotopic (exact) mass is 232 g/mol. The SMILES string of the molecule is CC(C)NC(=O)C(C)Oc1cccc(C#N)c1. The average Bonchev–Trinajstić information content (AvgIpc) is 2.28. The van der Waals surface area contributed by atoms with Crippen LogP contribution in [0.1, 0.15) is 26.3 Å². The number of hydrogen-bond donors (Lipinski definition) is 1. The van der Waals surface area contributed by atoms with Crippen LogP contribution in [0.5, 0.6) is 5.75 Å². The smallest absolute Gasteiger partial charge is 0.260 e. The van der Waals surface area contributed by atoms with Crippen LogP contribution in [0.4, 0.5) is 0 Å². The minimum atomic E-state index is -0.577. The Labute approximate surface area is 101 Å². The summed E-state index contributed by atoms with van der Waals surface area (Å²) < 4.78 is 5.46. The van der Waals surface area contributed by atoms with E-state index in [1.807, 2.05) is 19.9 Å². The van der Waals surface area contributed by atoms with Gasteiger partial charge in [0.1, 0.15) is 5.75 Å². The molecule has 1 aromatic carbocycles. The lowest BCUT2D eigenvalue weighted by molar-refractivity contribution is -0.127. The molecule has 0 aromatic heterocycles.